The number of rotatable bonds is 12. The van der Waals surface area contributed by atoms with E-state index >= 15 is 0 Å². The first-order valence-corrected chi connectivity index (χ1v) is 10.6. The number of hydrogen-bond acceptors (Lipinski definition) is 6. The van der Waals surface area contributed by atoms with Crippen molar-refractivity contribution in [2.45, 2.75) is 118 Å². The second-order valence-electron chi connectivity index (χ2n) is 9.73. The molecule has 0 aromatic rings. The molecule has 0 fully saturated rings. The summed E-state index contributed by atoms with van der Waals surface area (Å²) in [6, 6.07) is -0.540. The molecule has 0 aromatic carbocycles. The molecule has 6 heteroatoms. The van der Waals surface area contributed by atoms with Crippen LogP contribution in [0.2, 0.25) is 0 Å². The third-order valence-corrected chi connectivity index (χ3v) is 4.37. The van der Waals surface area contributed by atoms with Crippen LogP contribution in [0.5, 0.6) is 0 Å². The number of ether oxygens (including phenoxy) is 2. The molecule has 0 rings (SSSR count). The minimum Gasteiger partial charge on any atom is -0.462 e. The van der Waals surface area contributed by atoms with E-state index in [-0.39, 0.29) is 48.1 Å². The van der Waals surface area contributed by atoms with Crippen molar-refractivity contribution in [1.82, 2.24) is 10.6 Å². The number of carbonyl (C=O) groups excluding carboxylic acids is 2. The molecule has 0 spiro atoms. The third-order valence-electron chi connectivity index (χ3n) is 4.37. The van der Waals surface area contributed by atoms with Gasteiger partial charge in [-0.15, -0.1) is 0 Å². The lowest BCUT2D eigenvalue weighted by Crippen LogP contribution is -2.54. The predicted molar refractivity (Wildman–Crippen MR) is 114 cm³/mol. The van der Waals surface area contributed by atoms with E-state index < -0.39 is 11.6 Å². The Bertz CT molecular complexity index is 487. The summed E-state index contributed by atoms with van der Waals surface area (Å²) < 4.78 is 11.1. The summed E-state index contributed by atoms with van der Waals surface area (Å²) in [5.41, 5.74) is -0.399. The Labute approximate surface area is 172 Å². The van der Waals surface area contributed by atoms with Gasteiger partial charge in [0.1, 0.15) is 18.2 Å². The molecule has 0 aliphatic carbocycles. The van der Waals surface area contributed by atoms with Crippen LogP contribution in [0, 0.1) is 11.8 Å². The smallest absolute Gasteiger partial charge is 0.323 e. The normalized spacial score (nSPS) is 15.8. The Morgan fingerprint density at radius 3 is 1.64 bits per heavy atom. The molecule has 0 bridgehead atoms. The second kappa shape index (κ2) is 11.8. The van der Waals surface area contributed by atoms with Gasteiger partial charge in [0.25, 0.3) is 0 Å². The Kier molecular flexibility index (Phi) is 11.3. The van der Waals surface area contributed by atoms with E-state index in [2.05, 4.69) is 10.6 Å². The van der Waals surface area contributed by atoms with Crippen molar-refractivity contribution >= 4 is 11.9 Å². The summed E-state index contributed by atoms with van der Waals surface area (Å²) in [4.78, 5) is 25.0. The van der Waals surface area contributed by atoms with Crippen LogP contribution in [0.25, 0.3) is 0 Å². The molecule has 0 aliphatic rings. The van der Waals surface area contributed by atoms with E-state index in [1.807, 2.05) is 76.2 Å². The lowest BCUT2D eigenvalue weighted by atomic mass is 9.93. The van der Waals surface area contributed by atoms with Gasteiger partial charge in [0.15, 0.2) is 0 Å². The van der Waals surface area contributed by atoms with E-state index in [1.165, 1.54) is 0 Å². The maximum absolute atomic E-state index is 12.6. The monoisotopic (exact) mass is 400 g/mol. The molecular formula is C22H44N2O4. The molecule has 3 atom stereocenters. The Morgan fingerprint density at radius 2 is 1.25 bits per heavy atom. The van der Waals surface area contributed by atoms with Gasteiger partial charge in [-0.05, 0) is 46.5 Å². The lowest BCUT2D eigenvalue weighted by molar-refractivity contribution is -0.155. The van der Waals surface area contributed by atoms with E-state index in [1.54, 1.807) is 0 Å². The molecule has 166 valence electrons. The lowest BCUT2D eigenvalue weighted by Gasteiger charge is -2.35. The van der Waals surface area contributed by atoms with Gasteiger partial charge in [-0.2, -0.15) is 0 Å². The first kappa shape index (κ1) is 26.9. The third kappa shape index (κ3) is 10.4. The van der Waals surface area contributed by atoms with Gasteiger partial charge >= 0.3 is 11.9 Å². The summed E-state index contributed by atoms with van der Waals surface area (Å²) >= 11 is 0. The summed E-state index contributed by atoms with van der Waals surface area (Å²) in [5.74, 6) is -0.247. The van der Waals surface area contributed by atoms with Crippen LogP contribution >= 0.6 is 0 Å². The number of carbonyl (C=O) groups is 2. The summed E-state index contributed by atoms with van der Waals surface area (Å²) in [6.07, 6.45) is 0.155. The molecule has 2 N–H and O–H groups in total. The average molecular weight is 401 g/mol. The van der Waals surface area contributed by atoms with Crippen molar-refractivity contribution in [3.63, 3.8) is 0 Å². The van der Waals surface area contributed by atoms with E-state index in [9.17, 15) is 9.59 Å². The fourth-order valence-corrected chi connectivity index (χ4v) is 3.21. The highest BCUT2D eigenvalue weighted by molar-refractivity contribution is 5.77. The van der Waals surface area contributed by atoms with Crippen molar-refractivity contribution in [2.75, 3.05) is 0 Å². The highest BCUT2D eigenvalue weighted by atomic mass is 16.5. The molecule has 0 aliphatic heterocycles. The highest BCUT2D eigenvalue weighted by Crippen LogP contribution is 2.19. The molecule has 28 heavy (non-hydrogen) atoms. The first-order valence-electron chi connectivity index (χ1n) is 10.6. The van der Waals surface area contributed by atoms with Gasteiger partial charge in [-0.1, -0.05) is 41.5 Å². The van der Waals surface area contributed by atoms with Crippen LogP contribution in [0.1, 0.15) is 82.6 Å². The van der Waals surface area contributed by atoms with Crippen LogP contribution < -0.4 is 10.6 Å². The van der Waals surface area contributed by atoms with Crippen LogP contribution in [0.4, 0.5) is 0 Å². The molecular weight excluding hydrogens is 356 g/mol. The predicted octanol–water partition coefficient (Wildman–Crippen LogP) is 3.68. The maximum atomic E-state index is 12.6. The quantitative estimate of drug-likeness (QED) is 0.487. The Morgan fingerprint density at radius 1 is 0.786 bits per heavy atom. The largest absolute Gasteiger partial charge is 0.462 e. The van der Waals surface area contributed by atoms with Gasteiger partial charge in [0.05, 0.1) is 6.10 Å². The zero-order valence-corrected chi connectivity index (χ0v) is 19.9. The number of hydrogen-bond donors (Lipinski definition) is 2. The fourth-order valence-electron chi connectivity index (χ4n) is 3.21. The van der Waals surface area contributed by atoms with Crippen molar-refractivity contribution in [1.29, 1.82) is 0 Å². The fraction of sp³-hybridized carbons (Fsp3) is 0.909. The van der Waals surface area contributed by atoms with Gasteiger partial charge in [0.2, 0.25) is 0 Å². The van der Waals surface area contributed by atoms with Crippen LogP contribution in [0.15, 0.2) is 0 Å². The first-order chi connectivity index (χ1) is 12.7. The standard InChI is InChI=1S/C22H44N2O4/c1-13(2)18(23-15(5)6)20(25)28-17(9)12-22(10,11)24-19(14(3)4)21(26)27-16(7)8/h13-19,23-24H,12H2,1-11H3/t17?,18-,19+/m0/s1. The summed E-state index contributed by atoms with van der Waals surface area (Å²) in [6.45, 7) is 21.6. The van der Waals surface area contributed by atoms with Gasteiger partial charge < -0.3 is 14.8 Å². The minimum absolute atomic E-state index is 0.0870. The van der Waals surface area contributed by atoms with Crippen molar-refractivity contribution in [3.8, 4) is 0 Å². The van der Waals surface area contributed by atoms with Gasteiger partial charge in [-0.3, -0.25) is 14.9 Å². The van der Waals surface area contributed by atoms with Crippen LogP contribution in [0.3, 0.4) is 0 Å². The van der Waals surface area contributed by atoms with Gasteiger partial charge in [-0.25, -0.2) is 0 Å². The van der Waals surface area contributed by atoms with Gasteiger partial charge in [0, 0.05) is 18.0 Å². The highest BCUT2D eigenvalue weighted by Gasteiger charge is 2.33. The van der Waals surface area contributed by atoms with Crippen molar-refractivity contribution in [3.05, 3.63) is 0 Å². The Balaban J connectivity index is 4.96. The molecule has 0 amide bonds. The topological polar surface area (TPSA) is 76.7 Å². The molecule has 0 heterocycles. The van der Waals surface area contributed by atoms with E-state index in [0.29, 0.717) is 6.42 Å². The zero-order chi connectivity index (χ0) is 22.2. The second-order valence-corrected chi connectivity index (χ2v) is 9.73. The molecule has 0 saturated heterocycles. The average Bonchev–Trinajstić information content (AvgIpc) is 2.47. The van der Waals surface area contributed by atoms with E-state index in [4.69, 9.17) is 9.47 Å². The summed E-state index contributed by atoms with van der Waals surface area (Å²) in [5, 5.41) is 6.68. The van der Waals surface area contributed by atoms with Crippen LogP contribution in [-0.4, -0.2) is 47.8 Å². The molecule has 0 saturated carbocycles. The maximum Gasteiger partial charge on any atom is 0.323 e. The zero-order valence-electron chi connectivity index (χ0n) is 19.9. The molecule has 0 radical (unpaired) electrons. The minimum atomic E-state index is -0.411. The van der Waals surface area contributed by atoms with E-state index in [0.717, 1.165) is 0 Å². The molecule has 0 aromatic heterocycles. The molecule has 1 unspecified atom stereocenters. The summed E-state index contributed by atoms with van der Waals surface area (Å²) in [7, 11) is 0. The Hall–Kier alpha value is -1.14. The van der Waals surface area contributed by atoms with Crippen LogP contribution in [-0.2, 0) is 19.1 Å². The van der Waals surface area contributed by atoms with Crippen molar-refractivity contribution in [2.24, 2.45) is 11.8 Å². The van der Waals surface area contributed by atoms with Crippen molar-refractivity contribution < 1.29 is 19.1 Å². The number of nitrogens with one attached hydrogen (secondary N) is 2. The SMILES string of the molecule is CC(C)N[C@H](C(=O)OC(C)CC(C)(C)N[C@@H](C(=O)OC(C)C)C(C)C)C(C)C. The number of esters is 2. The molecule has 6 nitrogen and oxygen atoms in total.